The minimum atomic E-state index is 0.721. The van der Waals surface area contributed by atoms with Crippen LogP contribution in [0.3, 0.4) is 0 Å². The Balaban J connectivity index is 2.22. The van der Waals surface area contributed by atoms with Gasteiger partial charge in [-0.3, -0.25) is 0 Å². The number of nitrogens with zero attached hydrogens (tertiary/aromatic N) is 2. The number of para-hydroxylation sites is 1. The summed E-state index contributed by atoms with van der Waals surface area (Å²) in [5.41, 5.74) is 10.5. The Labute approximate surface area is 137 Å². The van der Waals surface area contributed by atoms with Crippen LogP contribution < -0.4 is 5.73 Å². The van der Waals surface area contributed by atoms with E-state index in [0.29, 0.717) is 0 Å². The maximum absolute atomic E-state index is 6.33. The van der Waals surface area contributed by atoms with Crippen molar-refractivity contribution in [1.82, 2.24) is 9.78 Å². The van der Waals surface area contributed by atoms with Crippen LogP contribution in [-0.4, -0.2) is 9.78 Å². The number of hydrogen-bond donors (Lipinski definition) is 1. The Morgan fingerprint density at radius 2 is 1.71 bits per heavy atom. The third-order valence-electron chi connectivity index (χ3n) is 3.51. The molecule has 0 bridgehead atoms. The van der Waals surface area contributed by atoms with Crippen molar-refractivity contribution < 1.29 is 0 Å². The topological polar surface area (TPSA) is 43.8 Å². The number of benzene rings is 2. The lowest BCUT2D eigenvalue weighted by Crippen LogP contribution is -2.02. The third kappa shape index (κ3) is 2.55. The maximum atomic E-state index is 6.33. The summed E-state index contributed by atoms with van der Waals surface area (Å²) >= 11 is 2.34. The molecule has 0 amide bonds. The van der Waals surface area contributed by atoms with Gasteiger partial charge in [-0.1, -0.05) is 43.3 Å². The summed E-state index contributed by atoms with van der Waals surface area (Å²) in [4.78, 5) is 0. The molecule has 0 fully saturated rings. The lowest BCUT2D eigenvalue weighted by Gasteiger charge is -2.03. The van der Waals surface area contributed by atoms with Gasteiger partial charge in [-0.25, -0.2) is 4.68 Å². The molecule has 0 aliphatic heterocycles. The van der Waals surface area contributed by atoms with Crippen LogP contribution in [0.2, 0.25) is 0 Å². The van der Waals surface area contributed by atoms with E-state index in [2.05, 4.69) is 41.6 Å². The van der Waals surface area contributed by atoms with Crippen molar-refractivity contribution in [1.29, 1.82) is 0 Å². The van der Waals surface area contributed by atoms with Crippen molar-refractivity contribution in [2.24, 2.45) is 0 Å². The van der Waals surface area contributed by atoms with Gasteiger partial charge in [-0.05, 0) is 47.2 Å². The zero-order valence-corrected chi connectivity index (χ0v) is 13.9. The molecule has 1 aromatic heterocycles. The van der Waals surface area contributed by atoms with Crippen LogP contribution in [0.5, 0.6) is 0 Å². The second-order valence-corrected chi connectivity index (χ2v) is 5.96. The van der Waals surface area contributed by atoms with Crippen molar-refractivity contribution in [3.63, 3.8) is 0 Å². The first-order valence-corrected chi connectivity index (χ1v) is 7.98. The van der Waals surface area contributed by atoms with E-state index in [9.17, 15) is 0 Å². The largest absolute Gasteiger partial charge is 0.383 e. The van der Waals surface area contributed by atoms with Crippen LogP contribution >= 0.6 is 22.6 Å². The minimum absolute atomic E-state index is 0.721. The first-order chi connectivity index (χ1) is 10.2. The average molecular weight is 389 g/mol. The maximum Gasteiger partial charge on any atom is 0.131 e. The van der Waals surface area contributed by atoms with Gasteiger partial charge in [0.1, 0.15) is 5.82 Å². The normalized spacial score (nSPS) is 10.8. The molecule has 1 heterocycles. The molecule has 106 valence electrons. The van der Waals surface area contributed by atoms with Crippen LogP contribution in [0.25, 0.3) is 16.9 Å². The minimum Gasteiger partial charge on any atom is -0.383 e. The molecule has 3 aromatic rings. The Morgan fingerprint density at radius 1 is 1.05 bits per heavy atom. The molecular formula is C17H16IN3. The number of halogens is 1. The van der Waals surface area contributed by atoms with Crippen molar-refractivity contribution in [3.8, 4) is 16.9 Å². The molecule has 0 saturated carbocycles. The monoisotopic (exact) mass is 389 g/mol. The smallest absolute Gasteiger partial charge is 0.131 e. The predicted octanol–water partition coefficient (Wildman–Crippen LogP) is 4.29. The van der Waals surface area contributed by atoms with E-state index >= 15 is 0 Å². The van der Waals surface area contributed by atoms with Gasteiger partial charge in [0.05, 0.1) is 11.4 Å². The van der Waals surface area contributed by atoms with E-state index in [1.54, 1.807) is 0 Å². The van der Waals surface area contributed by atoms with Gasteiger partial charge in [0.2, 0.25) is 0 Å². The molecule has 0 saturated heterocycles. The van der Waals surface area contributed by atoms with Crippen LogP contribution in [0.4, 0.5) is 5.82 Å². The summed E-state index contributed by atoms with van der Waals surface area (Å²) in [6.07, 6.45) is 0.860. The van der Waals surface area contributed by atoms with Crippen LogP contribution in [0.15, 0.2) is 54.6 Å². The Morgan fingerprint density at radius 3 is 2.38 bits per heavy atom. The summed E-state index contributed by atoms with van der Waals surface area (Å²) in [5, 5.41) is 4.77. The molecule has 4 heteroatoms. The second kappa shape index (κ2) is 5.89. The summed E-state index contributed by atoms with van der Waals surface area (Å²) in [5.74, 6) is 0.721. The summed E-state index contributed by atoms with van der Waals surface area (Å²) in [6.45, 7) is 2.11. The molecule has 21 heavy (non-hydrogen) atoms. The quantitative estimate of drug-likeness (QED) is 0.680. The van der Waals surface area contributed by atoms with E-state index in [1.165, 1.54) is 3.57 Å². The molecule has 0 aliphatic carbocycles. The molecule has 0 spiro atoms. The van der Waals surface area contributed by atoms with E-state index in [-0.39, 0.29) is 0 Å². The van der Waals surface area contributed by atoms with Gasteiger partial charge in [-0.15, -0.1) is 0 Å². The van der Waals surface area contributed by atoms with E-state index in [4.69, 9.17) is 10.8 Å². The van der Waals surface area contributed by atoms with Crippen molar-refractivity contribution in [2.75, 3.05) is 5.73 Å². The molecule has 0 unspecified atom stereocenters. The third-order valence-corrected chi connectivity index (χ3v) is 4.45. The van der Waals surface area contributed by atoms with Gasteiger partial charge in [0.15, 0.2) is 0 Å². The van der Waals surface area contributed by atoms with E-state index < -0.39 is 0 Å². The van der Waals surface area contributed by atoms with Crippen LogP contribution in [0, 0.1) is 3.57 Å². The molecule has 2 aromatic carbocycles. The number of rotatable bonds is 3. The van der Waals surface area contributed by atoms with Gasteiger partial charge >= 0.3 is 0 Å². The Bertz CT molecular complexity index is 763. The summed E-state index contributed by atoms with van der Waals surface area (Å²) in [6, 6.07) is 18.3. The van der Waals surface area contributed by atoms with E-state index in [0.717, 1.165) is 34.7 Å². The fraction of sp³-hybridized carbons (Fsp3) is 0.118. The molecule has 3 rings (SSSR count). The average Bonchev–Trinajstić information content (AvgIpc) is 2.85. The number of nitrogens with two attached hydrogens (primary N) is 1. The van der Waals surface area contributed by atoms with Crippen molar-refractivity contribution in [2.45, 2.75) is 13.3 Å². The van der Waals surface area contributed by atoms with Gasteiger partial charge in [0.25, 0.3) is 0 Å². The highest BCUT2D eigenvalue weighted by Gasteiger charge is 2.17. The van der Waals surface area contributed by atoms with Crippen molar-refractivity contribution in [3.05, 3.63) is 63.7 Å². The molecule has 0 radical (unpaired) electrons. The highest BCUT2D eigenvalue weighted by molar-refractivity contribution is 14.1. The Kier molecular flexibility index (Phi) is 3.96. The van der Waals surface area contributed by atoms with Gasteiger partial charge in [0, 0.05) is 14.7 Å². The van der Waals surface area contributed by atoms with E-state index in [1.807, 2.05) is 47.1 Å². The molecule has 0 aliphatic rings. The zero-order chi connectivity index (χ0) is 14.8. The van der Waals surface area contributed by atoms with Gasteiger partial charge < -0.3 is 5.73 Å². The first kappa shape index (κ1) is 14.1. The molecule has 3 nitrogen and oxygen atoms in total. The van der Waals surface area contributed by atoms with Gasteiger partial charge in [-0.2, -0.15) is 5.10 Å². The Hall–Kier alpha value is -1.82. The summed E-state index contributed by atoms with van der Waals surface area (Å²) < 4.78 is 3.01. The molecule has 0 atom stereocenters. The number of aromatic nitrogens is 2. The number of hydrogen-bond acceptors (Lipinski definition) is 2. The fourth-order valence-corrected chi connectivity index (χ4v) is 3.09. The number of anilines is 1. The van der Waals surface area contributed by atoms with Crippen molar-refractivity contribution >= 4 is 28.4 Å². The summed E-state index contributed by atoms with van der Waals surface area (Å²) in [7, 11) is 0. The SMILES string of the molecule is CCc1c(-c2ccccc2I)nn(-c2ccccc2)c1N. The number of nitrogen functional groups attached to an aromatic ring is 1. The lowest BCUT2D eigenvalue weighted by atomic mass is 10.1. The van der Waals surface area contributed by atoms with Crippen LogP contribution in [0.1, 0.15) is 12.5 Å². The highest BCUT2D eigenvalue weighted by Crippen LogP contribution is 2.32. The second-order valence-electron chi connectivity index (χ2n) is 4.79. The van der Waals surface area contributed by atoms with Crippen LogP contribution in [-0.2, 0) is 6.42 Å². The zero-order valence-electron chi connectivity index (χ0n) is 11.8. The standard InChI is InChI=1S/C17H16IN3/c1-2-13-16(14-10-6-7-11-15(14)18)20-21(17(13)19)12-8-4-3-5-9-12/h3-11H,2,19H2,1H3. The lowest BCUT2D eigenvalue weighted by molar-refractivity contribution is 0.894. The molecule has 2 N–H and O–H groups in total. The molecular weight excluding hydrogens is 373 g/mol. The first-order valence-electron chi connectivity index (χ1n) is 6.90. The predicted molar refractivity (Wildman–Crippen MR) is 95.5 cm³/mol. The highest BCUT2D eigenvalue weighted by atomic mass is 127. The fourth-order valence-electron chi connectivity index (χ4n) is 2.45.